The summed E-state index contributed by atoms with van der Waals surface area (Å²) in [6, 6.07) is 0. The van der Waals surface area contributed by atoms with Crippen LogP contribution in [0.1, 0.15) is 65.7 Å². The lowest BCUT2D eigenvalue weighted by atomic mass is 9.45. The summed E-state index contributed by atoms with van der Waals surface area (Å²) in [6.07, 6.45) is 19.4. The number of allylic oxidation sites excluding steroid dienone is 7. The van der Waals surface area contributed by atoms with Crippen LogP contribution in [0.2, 0.25) is 0 Å². The Balaban J connectivity index is 1.51. The second-order valence-corrected chi connectivity index (χ2v) is 11.1. The molecule has 0 radical (unpaired) electrons. The molecule has 0 heterocycles. The van der Waals surface area contributed by atoms with Gasteiger partial charge in [-0.1, -0.05) is 68.9 Å². The van der Waals surface area contributed by atoms with Crippen molar-refractivity contribution in [1.29, 1.82) is 0 Å². The summed E-state index contributed by atoms with van der Waals surface area (Å²) in [6.45, 7) is 7.50. The average Bonchev–Trinajstić information content (AvgIpc) is 3.01. The minimum absolute atomic E-state index is 0.121. The van der Waals surface area contributed by atoms with Crippen LogP contribution in [0.25, 0.3) is 0 Å². The lowest BCUT2D eigenvalue weighted by Gasteiger charge is -2.59. The summed E-state index contributed by atoms with van der Waals surface area (Å²) in [4.78, 5) is 1.13. The van der Waals surface area contributed by atoms with E-state index in [0.29, 0.717) is 11.3 Å². The van der Waals surface area contributed by atoms with E-state index in [4.69, 9.17) is 12.2 Å². The molecule has 2 saturated carbocycles. The average molecular weight is 395 g/mol. The molecule has 1 N–H and O–H groups in total. The number of rotatable bonds is 1. The number of aliphatic hydroxyl groups is 1. The maximum atomic E-state index is 10.3. The highest BCUT2D eigenvalue weighted by atomic mass is 32.1. The zero-order valence-corrected chi connectivity index (χ0v) is 18.4. The fourth-order valence-corrected chi connectivity index (χ4v) is 8.04. The van der Waals surface area contributed by atoms with Gasteiger partial charge in [0.05, 0.1) is 6.10 Å². The maximum absolute atomic E-state index is 10.3. The quantitative estimate of drug-likeness (QED) is 0.413. The molecule has 0 amide bonds. The Morgan fingerprint density at radius 1 is 1.11 bits per heavy atom. The topological polar surface area (TPSA) is 20.2 Å². The van der Waals surface area contributed by atoms with E-state index in [2.05, 4.69) is 51.2 Å². The molecule has 0 saturated heterocycles. The Labute approximate surface area is 175 Å². The minimum Gasteiger partial charge on any atom is -0.393 e. The summed E-state index contributed by atoms with van der Waals surface area (Å²) in [5.41, 5.74) is 5.05. The molecule has 0 spiro atoms. The zero-order chi connectivity index (χ0) is 19.7. The van der Waals surface area contributed by atoms with Crippen molar-refractivity contribution in [2.45, 2.75) is 71.8 Å². The SMILES string of the molecule is C[C@@H]1C=C2C[C@@H](O)CC[C@]2(C)[C@H]2CC[C@]3(C)C(C4=CC=CCC4=S)=CC[C@H]3[C@H]12. The van der Waals surface area contributed by atoms with Crippen molar-refractivity contribution >= 4 is 17.1 Å². The molecular formula is C26H34OS. The summed E-state index contributed by atoms with van der Waals surface area (Å²) < 4.78 is 0. The van der Waals surface area contributed by atoms with Crippen LogP contribution in [-0.2, 0) is 0 Å². The van der Waals surface area contributed by atoms with Gasteiger partial charge in [0, 0.05) is 11.3 Å². The van der Waals surface area contributed by atoms with Crippen molar-refractivity contribution in [2.75, 3.05) is 0 Å². The smallest absolute Gasteiger partial charge is 0.0577 e. The monoisotopic (exact) mass is 394 g/mol. The first kappa shape index (κ1) is 19.0. The lowest BCUT2D eigenvalue weighted by Crippen LogP contribution is -2.52. The molecular weight excluding hydrogens is 360 g/mol. The first-order valence-corrected chi connectivity index (χ1v) is 11.8. The predicted octanol–water partition coefficient (Wildman–Crippen LogP) is 6.35. The molecule has 150 valence electrons. The Morgan fingerprint density at radius 3 is 2.68 bits per heavy atom. The largest absolute Gasteiger partial charge is 0.393 e. The molecule has 0 aliphatic heterocycles. The van der Waals surface area contributed by atoms with Gasteiger partial charge in [-0.2, -0.15) is 0 Å². The number of aliphatic hydroxyl groups excluding tert-OH is 1. The Bertz CT molecular complexity index is 829. The van der Waals surface area contributed by atoms with Crippen molar-refractivity contribution in [2.24, 2.45) is 34.5 Å². The Hall–Kier alpha value is -0.990. The van der Waals surface area contributed by atoms with Gasteiger partial charge in [0.25, 0.3) is 0 Å². The van der Waals surface area contributed by atoms with Crippen LogP contribution >= 0.6 is 12.2 Å². The zero-order valence-electron chi connectivity index (χ0n) is 17.6. The molecule has 0 aromatic carbocycles. The van der Waals surface area contributed by atoms with Crippen LogP contribution in [0.5, 0.6) is 0 Å². The first-order chi connectivity index (χ1) is 13.3. The molecule has 5 aliphatic rings. The number of fused-ring (bicyclic) bond motifs is 5. The molecule has 7 atom stereocenters. The third kappa shape index (κ3) is 2.56. The maximum Gasteiger partial charge on any atom is 0.0577 e. The fourth-order valence-electron chi connectivity index (χ4n) is 7.77. The van der Waals surface area contributed by atoms with Crippen molar-refractivity contribution in [1.82, 2.24) is 0 Å². The van der Waals surface area contributed by atoms with Gasteiger partial charge in [0.2, 0.25) is 0 Å². The van der Waals surface area contributed by atoms with Crippen molar-refractivity contribution < 1.29 is 5.11 Å². The number of hydrogen-bond acceptors (Lipinski definition) is 2. The van der Waals surface area contributed by atoms with Gasteiger partial charge in [0.1, 0.15) is 0 Å². The highest BCUT2D eigenvalue weighted by Crippen LogP contribution is 2.66. The van der Waals surface area contributed by atoms with Crippen LogP contribution in [0.4, 0.5) is 0 Å². The van der Waals surface area contributed by atoms with E-state index in [1.807, 2.05) is 0 Å². The first-order valence-electron chi connectivity index (χ1n) is 11.3. The van der Waals surface area contributed by atoms with Crippen LogP contribution in [-0.4, -0.2) is 16.1 Å². The van der Waals surface area contributed by atoms with E-state index in [1.54, 1.807) is 11.1 Å². The predicted molar refractivity (Wildman–Crippen MR) is 120 cm³/mol. The van der Waals surface area contributed by atoms with Crippen LogP contribution in [0.3, 0.4) is 0 Å². The van der Waals surface area contributed by atoms with Crippen molar-refractivity contribution in [3.63, 3.8) is 0 Å². The Morgan fingerprint density at radius 2 is 1.89 bits per heavy atom. The van der Waals surface area contributed by atoms with E-state index in [0.717, 1.165) is 48.3 Å². The van der Waals surface area contributed by atoms with Gasteiger partial charge in [-0.3, -0.25) is 0 Å². The molecule has 0 bridgehead atoms. The van der Waals surface area contributed by atoms with Crippen LogP contribution in [0.15, 0.2) is 47.1 Å². The molecule has 0 aromatic rings. The van der Waals surface area contributed by atoms with Crippen molar-refractivity contribution in [3.05, 3.63) is 47.1 Å². The molecule has 2 fully saturated rings. The summed E-state index contributed by atoms with van der Waals surface area (Å²) >= 11 is 5.76. The summed E-state index contributed by atoms with van der Waals surface area (Å²) in [7, 11) is 0. The van der Waals surface area contributed by atoms with Crippen LogP contribution < -0.4 is 0 Å². The molecule has 0 aromatic heterocycles. The Kier molecular flexibility index (Phi) is 4.41. The van der Waals surface area contributed by atoms with Gasteiger partial charge in [0.15, 0.2) is 0 Å². The van der Waals surface area contributed by atoms with E-state index < -0.39 is 0 Å². The fraction of sp³-hybridized carbons (Fsp3) is 0.654. The minimum atomic E-state index is -0.121. The van der Waals surface area contributed by atoms with Gasteiger partial charge in [-0.05, 0) is 84.2 Å². The molecule has 2 heteroatoms. The van der Waals surface area contributed by atoms with Crippen molar-refractivity contribution in [3.8, 4) is 0 Å². The third-order valence-corrected chi connectivity index (χ3v) is 9.67. The highest BCUT2D eigenvalue weighted by Gasteiger charge is 2.58. The second kappa shape index (κ2) is 6.51. The normalized spacial score (nSPS) is 47.5. The third-order valence-electron chi connectivity index (χ3n) is 9.28. The van der Waals surface area contributed by atoms with Gasteiger partial charge < -0.3 is 5.11 Å². The molecule has 0 unspecified atom stereocenters. The number of hydrogen-bond donors (Lipinski definition) is 1. The molecule has 1 nitrogen and oxygen atoms in total. The van der Waals surface area contributed by atoms with Crippen LogP contribution in [0, 0.1) is 34.5 Å². The lowest BCUT2D eigenvalue weighted by molar-refractivity contribution is -0.0471. The summed E-state index contributed by atoms with van der Waals surface area (Å²) in [5.74, 6) is 2.87. The number of thiocarbonyl (C=S) groups is 1. The molecule has 5 aliphatic carbocycles. The van der Waals surface area contributed by atoms with Gasteiger partial charge >= 0.3 is 0 Å². The highest BCUT2D eigenvalue weighted by molar-refractivity contribution is 7.80. The van der Waals surface area contributed by atoms with E-state index in [-0.39, 0.29) is 11.5 Å². The van der Waals surface area contributed by atoms with E-state index >= 15 is 0 Å². The van der Waals surface area contributed by atoms with E-state index in [9.17, 15) is 5.11 Å². The van der Waals surface area contributed by atoms with E-state index in [1.165, 1.54) is 24.8 Å². The van der Waals surface area contributed by atoms with Gasteiger partial charge in [-0.25, -0.2) is 0 Å². The second-order valence-electron chi connectivity index (χ2n) is 10.6. The standard InChI is InChI=1S/C26H34OS/c1-16-14-17-15-18(27)10-12-25(17,2)22-11-13-26(3)20(8-9-21(26)24(16)22)19-6-4-5-7-23(19)28/h4-6,8,14,16,18,21-22,24,27H,7,9-13,15H2,1-3H3/t16-,18+,21+,22+,24+,25+,26-/m1/s1. The molecule has 5 rings (SSSR count). The summed E-state index contributed by atoms with van der Waals surface area (Å²) in [5, 5.41) is 10.3. The molecule has 28 heavy (non-hydrogen) atoms. The van der Waals surface area contributed by atoms with Gasteiger partial charge in [-0.15, -0.1) is 0 Å².